The molecular formula is C26H36ClNO7. The van der Waals surface area contributed by atoms with Gasteiger partial charge >= 0.3 is 0 Å². The average Bonchev–Trinajstić information content (AvgIpc) is 2.82. The Bertz CT molecular complexity index is 948. The molecule has 1 fully saturated rings. The van der Waals surface area contributed by atoms with Crippen LogP contribution in [0.2, 0.25) is 5.02 Å². The minimum atomic E-state index is -1.44. The molecule has 0 bridgehead atoms. The van der Waals surface area contributed by atoms with E-state index in [1.807, 2.05) is 45.0 Å². The van der Waals surface area contributed by atoms with Crippen molar-refractivity contribution in [1.82, 2.24) is 5.32 Å². The molecular weight excluding hydrogens is 474 g/mol. The second kappa shape index (κ2) is 12.0. The molecule has 3 rings (SSSR count). The van der Waals surface area contributed by atoms with Gasteiger partial charge in [-0.25, -0.2) is 0 Å². The Hall–Kier alpha value is -1.75. The number of hydrogen-bond acceptors (Lipinski definition) is 8. The molecule has 194 valence electrons. The summed E-state index contributed by atoms with van der Waals surface area (Å²) in [6.07, 6.45) is -6.23. The standard InChI is InChI=1S/C26H36ClNO7/c1-26(2,3)28-12-18(30)14-34-19-7-4-15(5-8-19)10-17-11-16(6-9-20(17)27)25-24(33)23(32)22(31)21(13-29)35-25/h4-9,11,18,21-25,28-33H,10,12-14H2,1-3H3/t18-,21+,22+,23-,24+,25-/m0/s1. The molecule has 2 aromatic rings. The van der Waals surface area contributed by atoms with Crippen LogP contribution >= 0.6 is 11.6 Å². The van der Waals surface area contributed by atoms with Crippen molar-refractivity contribution in [2.45, 2.75) is 69.4 Å². The number of rotatable bonds is 9. The number of β-amino-alcohol motifs (C(OH)–C–C–N with tert-alkyl or cyclic N) is 1. The highest BCUT2D eigenvalue weighted by Gasteiger charge is 2.44. The molecule has 35 heavy (non-hydrogen) atoms. The molecule has 6 atom stereocenters. The smallest absolute Gasteiger partial charge is 0.119 e. The summed E-state index contributed by atoms with van der Waals surface area (Å²) in [6, 6.07) is 12.6. The Balaban J connectivity index is 1.64. The molecule has 0 radical (unpaired) electrons. The Morgan fingerprint density at radius 3 is 2.34 bits per heavy atom. The van der Waals surface area contributed by atoms with Gasteiger partial charge < -0.3 is 40.3 Å². The fraction of sp³-hybridized carbons (Fsp3) is 0.538. The van der Waals surface area contributed by atoms with Gasteiger partial charge in [0.05, 0.1) is 6.61 Å². The number of ether oxygens (including phenoxy) is 2. The van der Waals surface area contributed by atoms with E-state index in [0.29, 0.717) is 29.3 Å². The molecule has 1 saturated heterocycles. The maximum Gasteiger partial charge on any atom is 0.119 e. The molecule has 6 N–H and O–H groups in total. The van der Waals surface area contributed by atoms with Crippen LogP contribution in [0, 0.1) is 0 Å². The fourth-order valence-electron chi connectivity index (χ4n) is 3.88. The van der Waals surface area contributed by atoms with Crippen LogP contribution in [0.1, 0.15) is 43.6 Å². The summed E-state index contributed by atoms with van der Waals surface area (Å²) in [7, 11) is 0. The largest absolute Gasteiger partial charge is 0.491 e. The van der Waals surface area contributed by atoms with E-state index < -0.39 is 43.2 Å². The number of aliphatic hydroxyl groups is 5. The number of benzene rings is 2. The van der Waals surface area contributed by atoms with E-state index >= 15 is 0 Å². The monoisotopic (exact) mass is 509 g/mol. The predicted octanol–water partition coefficient (Wildman–Crippen LogP) is 1.57. The summed E-state index contributed by atoms with van der Waals surface area (Å²) in [4.78, 5) is 0. The van der Waals surface area contributed by atoms with Gasteiger partial charge in [-0.1, -0.05) is 35.9 Å². The Labute approximate surface area is 211 Å². The van der Waals surface area contributed by atoms with Gasteiger partial charge in [0.15, 0.2) is 0 Å². The van der Waals surface area contributed by atoms with Crippen molar-refractivity contribution >= 4 is 11.6 Å². The predicted molar refractivity (Wildman–Crippen MR) is 133 cm³/mol. The first-order valence-electron chi connectivity index (χ1n) is 11.7. The van der Waals surface area contributed by atoms with Crippen molar-refractivity contribution in [2.24, 2.45) is 0 Å². The Morgan fingerprint density at radius 1 is 1.03 bits per heavy atom. The van der Waals surface area contributed by atoms with Crippen LogP contribution < -0.4 is 10.1 Å². The maximum atomic E-state index is 10.4. The minimum absolute atomic E-state index is 0.0794. The van der Waals surface area contributed by atoms with Gasteiger partial charge in [0.25, 0.3) is 0 Å². The summed E-state index contributed by atoms with van der Waals surface area (Å²) in [5, 5.41) is 53.9. The highest BCUT2D eigenvalue weighted by atomic mass is 35.5. The van der Waals surface area contributed by atoms with E-state index in [-0.39, 0.29) is 12.1 Å². The second-order valence-corrected chi connectivity index (χ2v) is 10.4. The van der Waals surface area contributed by atoms with Gasteiger partial charge in [-0.2, -0.15) is 0 Å². The van der Waals surface area contributed by atoms with Crippen LogP contribution in [0.3, 0.4) is 0 Å². The van der Waals surface area contributed by atoms with Crippen LogP contribution in [0.15, 0.2) is 42.5 Å². The summed E-state index contributed by atoms with van der Waals surface area (Å²) < 4.78 is 11.4. The molecule has 2 aromatic carbocycles. The first-order valence-corrected chi connectivity index (χ1v) is 12.1. The SMILES string of the molecule is CC(C)(C)NC[C@H](O)COc1ccc(Cc2cc([C@@H]3O[C@H](CO)[C@@H](O)[C@H](O)[C@H]3O)ccc2Cl)cc1. The number of halogens is 1. The lowest BCUT2D eigenvalue weighted by Gasteiger charge is -2.40. The number of nitrogens with one attached hydrogen (secondary N) is 1. The van der Waals surface area contributed by atoms with Crippen molar-refractivity contribution in [1.29, 1.82) is 0 Å². The third kappa shape index (κ3) is 7.62. The van der Waals surface area contributed by atoms with E-state index in [9.17, 15) is 25.5 Å². The summed E-state index contributed by atoms with van der Waals surface area (Å²) in [5.41, 5.74) is 2.27. The van der Waals surface area contributed by atoms with Gasteiger partial charge in [-0.3, -0.25) is 0 Å². The summed E-state index contributed by atoms with van der Waals surface area (Å²) >= 11 is 6.42. The first kappa shape index (κ1) is 27.8. The highest BCUT2D eigenvalue weighted by Crippen LogP contribution is 2.34. The summed E-state index contributed by atoms with van der Waals surface area (Å²) in [6.45, 7) is 6.22. The molecule has 0 amide bonds. The number of hydrogen-bond donors (Lipinski definition) is 6. The van der Waals surface area contributed by atoms with E-state index in [1.165, 1.54) is 0 Å². The summed E-state index contributed by atoms with van der Waals surface area (Å²) in [5.74, 6) is 0.643. The Kier molecular flexibility index (Phi) is 9.53. The molecule has 1 heterocycles. The maximum absolute atomic E-state index is 10.4. The zero-order chi connectivity index (χ0) is 25.8. The van der Waals surface area contributed by atoms with Crippen molar-refractivity contribution in [2.75, 3.05) is 19.8 Å². The minimum Gasteiger partial charge on any atom is -0.491 e. The molecule has 8 nitrogen and oxygen atoms in total. The van der Waals surface area contributed by atoms with E-state index in [0.717, 1.165) is 11.1 Å². The highest BCUT2D eigenvalue weighted by molar-refractivity contribution is 6.31. The van der Waals surface area contributed by atoms with Crippen LogP contribution in [-0.4, -0.2) is 81.3 Å². The van der Waals surface area contributed by atoms with Crippen LogP contribution in [0.4, 0.5) is 0 Å². The lowest BCUT2D eigenvalue weighted by Crippen LogP contribution is -2.55. The normalized spacial score (nSPS) is 25.9. The van der Waals surface area contributed by atoms with Crippen LogP contribution in [0.5, 0.6) is 5.75 Å². The van der Waals surface area contributed by atoms with Crippen molar-refractivity contribution < 1.29 is 35.0 Å². The second-order valence-electron chi connectivity index (χ2n) is 10.0. The zero-order valence-corrected chi connectivity index (χ0v) is 21.0. The van der Waals surface area contributed by atoms with Crippen LogP contribution in [0.25, 0.3) is 0 Å². The van der Waals surface area contributed by atoms with Gasteiger partial charge in [-0.05, 0) is 62.1 Å². The lowest BCUT2D eigenvalue weighted by atomic mass is 9.90. The molecule has 0 unspecified atom stereocenters. The quantitative estimate of drug-likeness (QED) is 0.300. The van der Waals surface area contributed by atoms with Gasteiger partial charge in [0.1, 0.15) is 49.0 Å². The topological polar surface area (TPSA) is 132 Å². The van der Waals surface area contributed by atoms with Gasteiger partial charge in [0.2, 0.25) is 0 Å². The average molecular weight is 510 g/mol. The fourth-order valence-corrected chi connectivity index (χ4v) is 4.07. The molecule has 0 aromatic heterocycles. The molecule has 0 spiro atoms. The molecule has 1 aliphatic rings. The molecule has 0 saturated carbocycles. The van der Waals surface area contributed by atoms with Gasteiger partial charge in [-0.15, -0.1) is 0 Å². The molecule has 0 aliphatic carbocycles. The van der Waals surface area contributed by atoms with E-state index in [4.69, 9.17) is 21.1 Å². The third-order valence-corrected chi connectivity index (χ3v) is 6.29. The molecule has 1 aliphatic heterocycles. The van der Waals surface area contributed by atoms with Crippen molar-refractivity contribution in [3.63, 3.8) is 0 Å². The van der Waals surface area contributed by atoms with Crippen LogP contribution in [-0.2, 0) is 11.2 Å². The lowest BCUT2D eigenvalue weighted by molar-refractivity contribution is -0.231. The van der Waals surface area contributed by atoms with Gasteiger partial charge in [0, 0.05) is 17.1 Å². The van der Waals surface area contributed by atoms with E-state index in [1.54, 1.807) is 18.2 Å². The van der Waals surface area contributed by atoms with E-state index in [2.05, 4.69) is 5.32 Å². The molecule has 9 heteroatoms. The van der Waals surface area contributed by atoms with Crippen molar-refractivity contribution in [3.05, 3.63) is 64.2 Å². The third-order valence-electron chi connectivity index (χ3n) is 5.92. The number of aliphatic hydroxyl groups excluding tert-OH is 5. The van der Waals surface area contributed by atoms with Crippen molar-refractivity contribution in [3.8, 4) is 5.75 Å². The Morgan fingerprint density at radius 2 is 1.71 bits per heavy atom. The zero-order valence-electron chi connectivity index (χ0n) is 20.3. The first-order chi connectivity index (χ1) is 16.5.